The van der Waals surface area contributed by atoms with Crippen molar-refractivity contribution in [1.29, 1.82) is 0 Å². The van der Waals surface area contributed by atoms with Crippen LogP contribution in [0.15, 0.2) is 17.6 Å². The SMILES string of the molecule is CCn1cc(C(F)F)c(-c2csc(C=O)c2)n1. The highest BCUT2D eigenvalue weighted by Crippen LogP contribution is 2.32. The number of carbonyl (C=O) groups excluding carboxylic acids is 1. The summed E-state index contributed by atoms with van der Waals surface area (Å²) in [7, 11) is 0. The highest BCUT2D eigenvalue weighted by atomic mass is 32.1. The van der Waals surface area contributed by atoms with Crippen molar-refractivity contribution in [2.24, 2.45) is 0 Å². The van der Waals surface area contributed by atoms with Gasteiger partial charge in [0.15, 0.2) is 6.29 Å². The molecule has 3 nitrogen and oxygen atoms in total. The summed E-state index contributed by atoms with van der Waals surface area (Å²) in [5.41, 5.74) is 0.730. The van der Waals surface area contributed by atoms with Crippen LogP contribution in [0.2, 0.25) is 0 Å². The van der Waals surface area contributed by atoms with Crippen LogP contribution in [-0.4, -0.2) is 16.1 Å². The van der Waals surface area contributed by atoms with Gasteiger partial charge in [-0.05, 0) is 13.0 Å². The molecule has 90 valence electrons. The average Bonchev–Trinajstić information content (AvgIpc) is 2.94. The van der Waals surface area contributed by atoms with Crippen molar-refractivity contribution >= 4 is 17.6 Å². The lowest BCUT2D eigenvalue weighted by atomic mass is 10.1. The van der Waals surface area contributed by atoms with Crippen molar-refractivity contribution in [1.82, 2.24) is 9.78 Å². The molecule has 0 spiro atoms. The molecule has 0 saturated carbocycles. The predicted molar refractivity (Wildman–Crippen MR) is 61.6 cm³/mol. The molecule has 0 saturated heterocycles. The monoisotopic (exact) mass is 256 g/mol. The van der Waals surface area contributed by atoms with Gasteiger partial charge in [-0.2, -0.15) is 5.10 Å². The minimum absolute atomic E-state index is 0.0953. The Kier molecular flexibility index (Phi) is 3.33. The fourth-order valence-corrected chi connectivity index (χ4v) is 2.21. The number of aromatic nitrogens is 2. The quantitative estimate of drug-likeness (QED) is 0.786. The van der Waals surface area contributed by atoms with E-state index < -0.39 is 6.43 Å². The molecule has 0 fully saturated rings. The summed E-state index contributed by atoms with van der Waals surface area (Å²) in [6, 6.07) is 1.58. The summed E-state index contributed by atoms with van der Waals surface area (Å²) in [5.74, 6) is 0. The second-order valence-corrected chi connectivity index (χ2v) is 4.39. The van der Waals surface area contributed by atoms with E-state index in [0.29, 0.717) is 23.3 Å². The third-order valence-electron chi connectivity index (χ3n) is 2.36. The number of alkyl halides is 2. The third kappa shape index (κ3) is 2.26. The second-order valence-electron chi connectivity index (χ2n) is 3.45. The molecule has 0 aliphatic rings. The van der Waals surface area contributed by atoms with Crippen LogP contribution in [0.25, 0.3) is 11.3 Å². The highest BCUT2D eigenvalue weighted by Gasteiger charge is 2.19. The van der Waals surface area contributed by atoms with E-state index in [-0.39, 0.29) is 11.3 Å². The molecule has 2 heterocycles. The van der Waals surface area contributed by atoms with Gasteiger partial charge in [0.1, 0.15) is 5.69 Å². The van der Waals surface area contributed by atoms with E-state index in [2.05, 4.69) is 5.10 Å². The molecule has 0 amide bonds. The standard InChI is InChI=1S/C11H10F2N2OS/c1-2-15-4-9(11(12)13)10(14-15)7-3-8(5-16)17-6-7/h3-6,11H,2H2,1H3. The first kappa shape index (κ1) is 11.9. The number of nitrogens with zero attached hydrogens (tertiary/aromatic N) is 2. The predicted octanol–water partition coefficient (Wildman–Crippen LogP) is 3.38. The molecule has 17 heavy (non-hydrogen) atoms. The number of aldehydes is 1. The summed E-state index contributed by atoms with van der Waals surface area (Å²) in [4.78, 5) is 11.1. The molecule has 0 unspecified atom stereocenters. The molecular formula is C11H10F2N2OS. The molecule has 2 aromatic heterocycles. The maximum absolute atomic E-state index is 12.8. The molecule has 6 heteroatoms. The molecule has 0 aromatic carbocycles. The first-order valence-electron chi connectivity index (χ1n) is 5.05. The number of thiophene rings is 1. The van der Waals surface area contributed by atoms with Gasteiger partial charge in [0.2, 0.25) is 0 Å². The van der Waals surface area contributed by atoms with Crippen LogP contribution in [-0.2, 0) is 6.54 Å². The Morgan fingerprint density at radius 3 is 2.88 bits per heavy atom. The molecule has 0 atom stereocenters. The van der Waals surface area contributed by atoms with E-state index in [1.54, 1.807) is 11.4 Å². The summed E-state index contributed by atoms with van der Waals surface area (Å²) in [5, 5.41) is 5.76. The molecule has 2 rings (SSSR count). The Morgan fingerprint density at radius 1 is 1.59 bits per heavy atom. The Labute approximate surface area is 101 Å². The van der Waals surface area contributed by atoms with Crippen molar-refractivity contribution < 1.29 is 13.6 Å². The van der Waals surface area contributed by atoms with E-state index in [9.17, 15) is 13.6 Å². The van der Waals surface area contributed by atoms with Crippen LogP contribution in [0.4, 0.5) is 8.78 Å². The van der Waals surface area contributed by atoms with Crippen LogP contribution in [0.3, 0.4) is 0 Å². The first-order chi connectivity index (χ1) is 8.15. The van der Waals surface area contributed by atoms with Gasteiger partial charge >= 0.3 is 0 Å². The van der Waals surface area contributed by atoms with E-state index >= 15 is 0 Å². The molecule has 0 N–H and O–H groups in total. The first-order valence-corrected chi connectivity index (χ1v) is 5.93. The lowest BCUT2D eigenvalue weighted by Gasteiger charge is -1.97. The van der Waals surface area contributed by atoms with Crippen molar-refractivity contribution in [3.8, 4) is 11.3 Å². The minimum Gasteiger partial charge on any atom is -0.297 e. The normalized spacial score (nSPS) is 11.1. The zero-order chi connectivity index (χ0) is 12.4. The zero-order valence-electron chi connectivity index (χ0n) is 9.06. The van der Waals surface area contributed by atoms with Gasteiger partial charge in [-0.15, -0.1) is 11.3 Å². The molecule has 0 bridgehead atoms. The molecular weight excluding hydrogens is 246 g/mol. The van der Waals surface area contributed by atoms with Gasteiger partial charge < -0.3 is 0 Å². The largest absolute Gasteiger partial charge is 0.297 e. The van der Waals surface area contributed by atoms with Crippen LogP contribution >= 0.6 is 11.3 Å². The molecule has 0 aliphatic heterocycles. The van der Waals surface area contributed by atoms with Gasteiger partial charge in [0.05, 0.1) is 10.4 Å². The van der Waals surface area contributed by atoms with Gasteiger partial charge in [-0.1, -0.05) is 0 Å². The topological polar surface area (TPSA) is 34.9 Å². The van der Waals surface area contributed by atoms with Gasteiger partial charge in [0.25, 0.3) is 6.43 Å². The fourth-order valence-electron chi connectivity index (χ4n) is 1.52. The van der Waals surface area contributed by atoms with E-state index in [1.165, 1.54) is 22.2 Å². The zero-order valence-corrected chi connectivity index (χ0v) is 9.88. The summed E-state index contributed by atoms with van der Waals surface area (Å²) < 4.78 is 27.1. The second kappa shape index (κ2) is 4.75. The highest BCUT2D eigenvalue weighted by molar-refractivity contribution is 7.12. The van der Waals surface area contributed by atoms with Crippen molar-refractivity contribution in [2.45, 2.75) is 19.9 Å². The van der Waals surface area contributed by atoms with Gasteiger partial charge in [-0.3, -0.25) is 9.48 Å². The van der Waals surface area contributed by atoms with Crippen molar-refractivity contribution in [3.63, 3.8) is 0 Å². The number of hydrogen-bond donors (Lipinski definition) is 0. The number of aryl methyl sites for hydroxylation is 1. The van der Waals surface area contributed by atoms with E-state index in [0.717, 1.165) is 0 Å². The van der Waals surface area contributed by atoms with Crippen molar-refractivity contribution in [2.75, 3.05) is 0 Å². The lowest BCUT2D eigenvalue weighted by Crippen LogP contribution is -1.93. The molecule has 0 radical (unpaired) electrons. The minimum atomic E-state index is -2.56. The smallest absolute Gasteiger partial charge is 0.267 e. The average molecular weight is 256 g/mol. The summed E-state index contributed by atoms with van der Waals surface area (Å²) in [6.07, 6.45) is -0.518. The number of rotatable bonds is 4. The number of halogens is 2. The van der Waals surface area contributed by atoms with Crippen molar-refractivity contribution in [3.05, 3.63) is 28.1 Å². The van der Waals surface area contributed by atoms with Crippen LogP contribution in [0.5, 0.6) is 0 Å². The number of hydrogen-bond acceptors (Lipinski definition) is 3. The third-order valence-corrected chi connectivity index (χ3v) is 3.22. The maximum Gasteiger partial charge on any atom is 0.267 e. The van der Waals surface area contributed by atoms with Crippen LogP contribution in [0.1, 0.15) is 28.6 Å². The summed E-state index contributed by atoms with van der Waals surface area (Å²) in [6.45, 7) is 2.36. The molecule has 2 aromatic rings. The van der Waals surface area contributed by atoms with Gasteiger partial charge in [0, 0.05) is 23.7 Å². The summed E-state index contributed by atoms with van der Waals surface area (Å²) >= 11 is 1.22. The Morgan fingerprint density at radius 2 is 2.35 bits per heavy atom. The van der Waals surface area contributed by atoms with Crippen LogP contribution in [0, 0.1) is 0 Å². The Hall–Kier alpha value is -1.56. The molecule has 0 aliphatic carbocycles. The van der Waals surface area contributed by atoms with Crippen LogP contribution < -0.4 is 0 Å². The number of carbonyl (C=O) groups is 1. The van der Waals surface area contributed by atoms with Gasteiger partial charge in [-0.25, -0.2) is 8.78 Å². The van der Waals surface area contributed by atoms with E-state index in [4.69, 9.17) is 0 Å². The lowest BCUT2D eigenvalue weighted by molar-refractivity contribution is 0.112. The van der Waals surface area contributed by atoms with E-state index in [1.807, 2.05) is 6.92 Å². The Balaban J connectivity index is 2.49. The maximum atomic E-state index is 12.8. The Bertz CT molecular complexity index is 533. The fraction of sp³-hybridized carbons (Fsp3) is 0.273.